The maximum absolute atomic E-state index is 9.03. The lowest BCUT2D eigenvalue weighted by Crippen LogP contribution is -2.05. The summed E-state index contributed by atoms with van der Waals surface area (Å²) in [4.78, 5) is 3.96. The van der Waals surface area contributed by atoms with Crippen molar-refractivity contribution in [2.24, 2.45) is 0 Å². The van der Waals surface area contributed by atoms with Gasteiger partial charge >= 0.3 is 0 Å². The van der Waals surface area contributed by atoms with Crippen LogP contribution in [0.25, 0.3) is 11.4 Å². The summed E-state index contributed by atoms with van der Waals surface area (Å²) >= 11 is 1.51. The Labute approximate surface area is 97.5 Å². The number of hydrogen-bond acceptors (Lipinski definition) is 5. The number of thioether (sulfide) groups is 1. The third-order valence-corrected chi connectivity index (χ3v) is 2.83. The summed E-state index contributed by atoms with van der Waals surface area (Å²) in [7, 11) is 0. The van der Waals surface area contributed by atoms with Crippen LogP contribution in [0.3, 0.4) is 0 Å². The van der Waals surface area contributed by atoms with Crippen LogP contribution in [0.4, 0.5) is 0 Å². The Balaban J connectivity index is 2.44. The zero-order valence-corrected chi connectivity index (χ0v) is 9.68. The second-order valence-corrected chi connectivity index (χ2v) is 3.89. The molecule has 0 atom stereocenters. The van der Waals surface area contributed by atoms with E-state index in [2.05, 4.69) is 15.2 Å². The van der Waals surface area contributed by atoms with E-state index in [4.69, 9.17) is 5.11 Å². The van der Waals surface area contributed by atoms with Crippen LogP contribution in [0.1, 0.15) is 0 Å². The van der Waals surface area contributed by atoms with Crippen molar-refractivity contribution in [3.05, 3.63) is 24.5 Å². The number of aliphatic hydroxyl groups is 1. The smallest absolute Gasteiger partial charge is 0.191 e. The first kappa shape index (κ1) is 11.1. The summed E-state index contributed by atoms with van der Waals surface area (Å²) in [5.41, 5.74) is 0.955. The molecule has 0 aliphatic rings. The second kappa shape index (κ2) is 5.09. The van der Waals surface area contributed by atoms with Crippen LogP contribution in [0, 0.1) is 0 Å². The third-order valence-electron chi connectivity index (χ3n) is 2.16. The van der Waals surface area contributed by atoms with E-state index in [1.807, 2.05) is 23.0 Å². The first-order valence-corrected chi connectivity index (χ1v) is 6.07. The molecule has 0 aromatic carbocycles. The fourth-order valence-corrected chi connectivity index (χ4v) is 1.98. The summed E-state index contributed by atoms with van der Waals surface area (Å²) < 4.78 is 1.90. The Morgan fingerprint density at radius 1 is 1.31 bits per heavy atom. The largest absolute Gasteiger partial charge is 0.395 e. The molecular weight excluding hydrogens is 224 g/mol. The Morgan fingerprint density at radius 2 is 2.06 bits per heavy atom. The van der Waals surface area contributed by atoms with E-state index < -0.39 is 0 Å². The summed E-state index contributed by atoms with van der Waals surface area (Å²) in [6.07, 6.45) is 5.37. The van der Waals surface area contributed by atoms with Crippen LogP contribution < -0.4 is 0 Å². The van der Waals surface area contributed by atoms with Crippen LogP contribution in [0.5, 0.6) is 0 Å². The predicted molar refractivity (Wildman–Crippen MR) is 62.1 cm³/mol. The zero-order valence-electron chi connectivity index (χ0n) is 8.87. The average Bonchev–Trinajstić information content (AvgIpc) is 2.74. The predicted octanol–water partition coefficient (Wildman–Crippen LogP) is 1.05. The lowest BCUT2D eigenvalue weighted by Gasteiger charge is -2.06. The van der Waals surface area contributed by atoms with Crippen LogP contribution in [0.15, 0.2) is 29.7 Å². The van der Waals surface area contributed by atoms with Crippen molar-refractivity contribution >= 4 is 11.8 Å². The minimum Gasteiger partial charge on any atom is -0.395 e. The Bertz CT molecular complexity index is 457. The fourth-order valence-electron chi connectivity index (χ4n) is 1.46. The molecule has 0 saturated heterocycles. The van der Waals surface area contributed by atoms with Gasteiger partial charge in [-0.3, -0.25) is 9.55 Å². The summed E-state index contributed by atoms with van der Waals surface area (Å²) in [5.74, 6) is 0.765. The standard InChI is InChI=1S/C10H12N4OS/c1-16-10-13-12-9(14(10)6-7-15)8-2-4-11-5-3-8/h2-5,15H,6-7H2,1H3. The highest BCUT2D eigenvalue weighted by Crippen LogP contribution is 2.21. The molecule has 0 saturated carbocycles. The molecule has 0 amide bonds. The van der Waals surface area contributed by atoms with Gasteiger partial charge in [0.05, 0.1) is 6.61 Å². The molecule has 2 heterocycles. The van der Waals surface area contributed by atoms with Crippen molar-refractivity contribution < 1.29 is 5.11 Å². The quantitative estimate of drug-likeness (QED) is 0.804. The van der Waals surface area contributed by atoms with Gasteiger partial charge in [0.1, 0.15) is 0 Å². The number of aromatic nitrogens is 4. The molecule has 2 aromatic heterocycles. The van der Waals surface area contributed by atoms with Gasteiger partial charge in [0, 0.05) is 24.5 Å². The van der Waals surface area contributed by atoms with Crippen molar-refractivity contribution in [1.82, 2.24) is 19.7 Å². The lowest BCUT2D eigenvalue weighted by atomic mass is 10.2. The molecule has 0 aliphatic heterocycles. The van der Waals surface area contributed by atoms with Gasteiger partial charge in [0.25, 0.3) is 0 Å². The molecule has 0 aliphatic carbocycles. The molecule has 0 fully saturated rings. The van der Waals surface area contributed by atoms with Crippen LogP contribution in [0.2, 0.25) is 0 Å². The highest BCUT2D eigenvalue weighted by Gasteiger charge is 2.12. The van der Waals surface area contributed by atoms with Crippen molar-refractivity contribution in [3.8, 4) is 11.4 Å². The van der Waals surface area contributed by atoms with Gasteiger partial charge in [-0.15, -0.1) is 10.2 Å². The SMILES string of the molecule is CSc1nnc(-c2ccncc2)n1CCO. The summed E-state index contributed by atoms with van der Waals surface area (Å²) in [6.45, 7) is 0.574. The Morgan fingerprint density at radius 3 is 2.69 bits per heavy atom. The van der Waals surface area contributed by atoms with Crippen LogP contribution in [-0.2, 0) is 6.54 Å². The van der Waals surface area contributed by atoms with Gasteiger partial charge in [-0.2, -0.15) is 0 Å². The number of aliphatic hydroxyl groups excluding tert-OH is 1. The van der Waals surface area contributed by atoms with E-state index in [9.17, 15) is 0 Å². The van der Waals surface area contributed by atoms with Gasteiger partial charge in [0.2, 0.25) is 0 Å². The van der Waals surface area contributed by atoms with E-state index in [1.165, 1.54) is 11.8 Å². The first-order chi connectivity index (χ1) is 7.86. The maximum Gasteiger partial charge on any atom is 0.191 e. The van der Waals surface area contributed by atoms with Crippen LogP contribution >= 0.6 is 11.8 Å². The van der Waals surface area contributed by atoms with Crippen LogP contribution in [-0.4, -0.2) is 37.7 Å². The van der Waals surface area contributed by atoms with E-state index >= 15 is 0 Å². The molecule has 0 bridgehead atoms. The maximum atomic E-state index is 9.03. The Kier molecular flexibility index (Phi) is 3.53. The van der Waals surface area contributed by atoms with E-state index in [0.29, 0.717) is 6.54 Å². The first-order valence-electron chi connectivity index (χ1n) is 4.85. The normalized spacial score (nSPS) is 10.6. The number of hydrogen-bond donors (Lipinski definition) is 1. The molecule has 84 valence electrons. The zero-order chi connectivity index (χ0) is 11.4. The topological polar surface area (TPSA) is 63.8 Å². The molecule has 2 aromatic rings. The van der Waals surface area contributed by atoms with E-state index in [-0.39, 0.29) is 6.61 Å². The number of nitrogens with zero attached hydrogens (tertiary/aromatic N) is 4. The highest BCUT2D eigenvalue weighted by molar-refractivity contribution is 7.98. The average molecular weight is 236 g/mol. The summed E-state index contributed by atoms with van der Waals surface area (Å²) in [5, 5.41) is 18.0. The molecular formula is C10H12N4OS. The van der Waals surface area contributed by atoms with Gasteiger partial charge in [-0.05, 0) is 18.4 Å². The van der Waals surface area contributed by atoms with Gasteiger partial charge in [0.15, 0.2) is 11.0 Å². The molecule has 0 radical (unpaired) electrons. The van der Waals surface area contributed by atoms with Crippen molar-refractivity contribution in [1.29, 1.82) is 0 Å². The summed E-state index contributed by atoms with van der Waals surface area (Å²) in [6, 6.07) is 3.75. The van der Waals surface area contributed by atoms with Crippen molar-refractivity contribution in [3.63, 3.8) is 0 Å². The molecule has 0 spiro atoms. The highest BCUT2D eigenvalue weighted by atomic mass is 32.2. The molecule has 6 heteroatoms. The van der Waals surface area contributed by atoms with E-state index in [1.54, 1.807) is 12.4 Å². The number of pyridine rings is 1. The third kappa shape index (κ3) is 2.07. The van der Waals surface area contributed by atoms with Crippen molar-refractivity contribution in [2.75, 3.05) is 12.9 Å². The minimum absolute atomic E-state index is 0.0731. The molecule has 16 heavy (non-hydrogen) atoms. The molecule has 2 rings (SSSR count). The molecule has 0 unspecified atom stereocenters. The second-order valence-electron chi connectivity index (χ2n) is 3.12. The van der Waals surface area contributed by atoms with Gasteiger partial charge in [-0.1, -0.05) is 11.8 Å². The van der Waals surface area contributed by atoms with Gasteiger partial charge < -0.3 is 5.11 Å². The fraction of sp³-hybridized carbons (Fsp3) is 0.300. The van der Waals surface area contributed by atoms with Crippen molar-refractivity contribution in [2.45, 2.75) is 11.7 Å². The Hall–Kier alpha value is -1.40. The molecule has 5 nitrogen and oxygen atoms in total. The molecule has 1 N–H and O–H groups in total. The lowest BCUT2D eigenvalue weighted by molar-refractivity contribution is 0.272. The minimum atomic E-state index is 0.0731. The number of rotatable bonds is 4. The van der Waals surface area contributed by atoms with Gasteiger partial charge in [-0.25, -0.2) is 0 Å². The van der Waals surface area contributed by atoms with E-state index in [0.717, 1.165) is 16.5 Å². The monoisotopic (exact) mass is 236 g/mol.